The van der Waals surface area contributed by atoms with E-state index >= 15 is 0 Å². The first-order valence-corrected chi connectivity index (χ1v) is 11.7. The number of para-hydroxylation sites is 1. The van der Waals surface area contributed by atoms with Crippen LogP contribution in [0.15, 0.2) is 30.5 Å². The molecule has 0 fully saturated rings. The summed E-state index contributed by atoms with van der Waals surface area (Å²) in [6.07, 6.45) is 1.97. The number of hydrogen-bond donors (Lipinski definition) is 7. The van der Waals surface area contributed by atoms with E-state index in [9.17, 15) is 24.0 Å². The molecule has 4 amide bonds. The Balaban J connectivity index is 2.13. The van der Waals surface area contributed by atoms with Crippen LogP contribution in [0.25, 0.3) is 10.9 Å². The second kappa shape index (κ2) is 12.7. The van der Waals surface area contributed by atoms with Crippen LogP contribution in [0, 0.1) is 5.92 Å². The molecule has 196 valence electrons. The summed E-state index contributed by atoms with van der Waals surface area (Å²) in [5, 5.41) is 17.2. The largest absolute Gasteiger partial charge is 0.480 e. The number of carboxylic acid groups (broad SMARTS) is 1. The van der Waals surface area contributed by atoms with Crippen molar-refractivity contribution in [2.45, 2.75) is 64.2 Å². The van der Waals surface area contributed by atoms with Crippen LogP contribution in [-0.2, 0) is 30.4 Å². The van der Waals surface area contributed by atoms with Gasteiger partial charge in [-0.05, 0) is 30.9 Å². The molecule has 1 aromatic heterocycles. The summed E-state index contributed by atoms with van der Waals surface area (Å²) in [6, 6.07) is 2.90. The molecule has 0 aliphatic carbocycles. The molecule has 0 aliphatic rings. The number of aromatic amines is 1. The Morgan fingerprint density at radius 1 is 1.00 bits per heavy atom. The zero-order valence-electron chi connectivity index (χ0n) is 20.5. The van der Waals surface area contributed by atoms with Crippen molar-refractivity contribution in [1.29, 1.82) is 0 Å². The third-order valence-electron chi connectivity index (χ3n) is 6.01. The molecule has 5 atom stereocenters. The fourth-order valence-corrected chi connectivity index (χ4v) is 3.64. The number of aliphatic carboxylic acids is 1. The highest BCUT2D eigenvalue weighted by Crippen LogP contribution is 2.19. The minimum absolute atomic E-state index is 0.227. The maximum atomic E-state index is 13.1. The average Bonchev–Trinajstić information content (AvgIpc) is 3.23. The zero-order chi connectivity index (χ0) is 27.0. The van der Waals surface area contributed by atoms with E-state index in [-0.39, 0.29) is 12.3 Å². The number of fused-ring (bicyclic) bond motifs is 1. The fourth-order valence-electron chi connectivity index (χ4n) is 3.64. The number of nitrogens with two attached hydrogens (primary N) is 2. The number of carbonyl (C=O) groups excluding carboxylic acids is 4. The molecule has 9 N–H and O–H groups in total. The lowest BCUT2D eigenvalue weighted by Gasteiger charge is -2.27. The number of benzene rings is 1. The van der Waals surface area contributed by atoms with E-state index < -0.39 is 60.2 Å². The summed E-state index contributed by atoms with van der Waals surface area (Å²) < 4.78 is 0. The van der Waals surface area contributed by atoms with Crippen molar-refractivity contribution in [3.63, 3.8) is 0 Å². The lowest BCUT2D eigenvalue weighted by Crippen LogP contribution is -2.59. The molecule has 0 bridgehead atoms. The van der Waals surface area contributed by atoms with Crippen molar-refractivity contribution in [1.82, 2.24) is 20.9 Å². The molecule has 2 rings (SSSR count). The summed E-state index contributed by atoms with van der Waals surface area (Å²) in [5.74, 6) is -4.67. The van der Waals surface area contributed by atoms with Gasteiger partial charge in [-0.1, -0.05) is 38.5 Å². The van der Waals surface area contributed by atoms with Crippen LogP contribution in [0.3, 0.4) is 0 Å². The fraction of sp³-hybridized carbons (Fsp3) is 0.458. The average molecular weight is 503 g/mol. The minimum atomic E-state index is -1.42. The lowest BCUT2D eigenvalue weighted by atomic mass is 9.96. The highest BCUT2D eigenvalue weighted by Gasteiger charge is 2.32. The first kappa shape index (κ1) is 28.3. The zero-order valence-corrected chi connectivity index (χ0v) is 20.5. The molecule has 0 radical (unpaired) electrons. The number of aromatic nitrogens is 1. The number of rotatable bonds is 13. The van der Waals surface area contributed by atoms with Crippen molar-refractivity contribution < 1.29 is 29.1 Å². The molecule has 12 heteroatoms. The number of hydrogen-bond acceptors (Lipinski definition) is 6. The van der Waals surface area contributed by atoms with E-state index in [1.807, 2.05) is 31.2 Å². The molecule has 12 nitrogen and oxygen atoms in total. The molecular formula is C24H34N6O6. The standard InChI is InChI=1S/C24H34N6O6/c1-4-12(2)20(23(34)29-18(10-19(26)31)22(33)28-13(3)24(35)36)30-21(32)16(25)9-14-11-27-17-8-6-5-7-15(14)17/h5-8,11-13,16,18,20,27H,4,9-10,25H2,1-3H3,(H2,26,31)(H,28,33)(H,29,34)(H,30,32)(H,35,36). The van der Waals surface area contributed by atoms with E-state index in [4.69, 9.17) is 16.6 Å². The number of H-pyrrole nitrogens is 1. The third kappa shape index (κ3) is 7.54. The molecular weight excluding hydrogens is 468 g/mol. The number of carbonyl (C=O) groups is 5. The van der Waals surface area contributed by atoms with Gasteiger partial charge >= 0.3 is 5.97 Å². The van der Waals surface area contributed by atoms with Crippen LogP contribution in [0.5, 0.6) is 0 Å². The first-order chi connectivity index (χ1) is 16.9. The number of primary amides is 1. The maximum absolute atomic E-state index is 13.1. The van der Waals surface area contributed by atoms with Gasteiger partial charge in [0.05, 0.1) is 12.5 Å². The second-order valence-electron chi connectivity index (χ2n) is 8.84. The highest BCUT2D eigenvalue weighted by molar-refractivity contribution is 5.96. The minimum Gasteiger partial charge on any atom is -0.480 e. The Bertz CT molecular complexity index is 1120. The quantitative estimate of drug-likeness (QED) is 0.191. The molecule has 0 saturated heterocycles. The topological polar surface area (TPSA) is 209 Å². The SMILES string of the molecule is CCC(C)C(NC(=O)C(N)Cc1c[nH]c2ccccc12)C(=O)NC(CC(N)=O)C(=O)NC(C)C(=O)O. The van der Waals surface area contributed by atoms with E-state index in [1.54, 1.807) is 13.1 Å². The van der Waals surface area contributed by atoms with E-state index in [0.29, 0.717) is 6.42 Å². The summed E-state index contributed by atoms with van der Waals surface area (Å²) in [7, 11) is 0. The molecule has 2 aromatic rings. The van der Waals surface area contributed by atoms with Gasteiger partial charge in [-0.15, -0.1) is 0 Å². The molecule has 0 spiro atoms. The predicted octanol–water partition coefficient (Wildman–Crippen LogP) is -0.482. The van der Waals surface area contributed by atoms with Crippen molar-refractivity contribution in [2.75, 3.05) is 0 Å². The van der Waals surface area contributed by atoms with E-state index in [2.05, 4.69) is 20.9 Å². The number of nitrogens with one attached hydrogen (secondary N) is 4. The molecule has 1 aromatic carbocycles. The first-order valence-electron chi connectivity index (χ1n) is 11.7. The van der Waals surface area contributed by atoms with Crippen molar-refractivity contribution >= 4 is 40.5 Å². The maximum Gasteiger partial charge on any atom is 0.325 e. The van der Waals surface area contributed by atoms with Gasteiger partial charge in [0, 0.05) is 17.1 Å². The van der Waals surface area contributed by atoms with Gasteiger partial charge in [0.2, 0.25) is 23.6 Å². The van der Waals surface area contributed by atoms with Gasteiger partial charge in [-0.2, -0.15) is 0 Å². The predicted molar refractivity (Wildman–Crippen MR) is 132 cm³/mol. The smallest absolute Gasteiger partial charge is 0.325 e. The molecule has 0 saturated carbocycles. The lowest BCUT2D eigenvalue weighted by molar-refractivity contribution is -0.142. The summed E-state index contributed by atoms with van der Waals surface area (Å²) in [6.45, 7) is 4.80. The van der Waals surface area contributed by atoms with Crippen LogP contribution in [0.4, 0.5) is 0 Å². The van der Waals surface area contributed by atoms with Crippen LogP contribution >= 0.6 is 0 Å². The van der Waals surface area contributed by atoms with Gasteiger partial charge in [-0.25, -0.2) is 0 Å². The Morgan fingerprint density at radius 2 is 1.67 bits per heavy atom. The Kier molecular flexibility index (Phi) is 9.97. The van der Waals surface area contributed by atoms with Gasteiger partial charge in [-0.3, -0.25) is 24.0 Å². The van der Waals surface area contributed by atoms with Gasteiger partial charge in [0.1, 0.15) is 18.1 Å². The third-order valence-corrected chi connectivity index (χ3v) is 6.01. The molecule has 5 unspecified atom stereocenters. The summed E-state index contributed by atoms with van der Waals surface area (Å²) >= 11 is 0. The van der Waals surface area contributed by atoms with Crippen molar-refractivity contribution in [3.05, 3.63) is 36.0 Å². The summed E-state index contributed by atoms with van der Waals surface area (Å²) in [4.78, 5) is 64.2. The van der Waals surface area contributed by atoms with Crippen LogP contribution in [0.1, 0.15) is 39.2 Å². The van der Waals surface area contributed by atoms with Gasteiger partial charge in [0.25, 0.3) is 0 Å². The molecule has 0 aliphatic heterocycles. The van der Waals surface area contributed by atoms with E-state index in [1.165, 1.54) is 6.92 Å². The Hall–Kier alpha value is -3.93. The Morgan fingerprint density at radius 3 is 2.28 bits per heavy atom. The monoisotopic (exact) mass is 502 g/mol. The second-order valence-corrected chi connectivity index (χ2v) is 8.84. The highest BCUT2D eigenvalue weighted by atomic mass is 16.4. The Labute approximate surface area is 208 Å². The van der Waals surface area contributed by atoms with Crippen LogP contribution in [0.2, 0.25) is 0 Å². The van der Waals surface area contributed by atoms with Crippen molar-refractivity contribution in [2.24, 2.45) is 17.4 Å². The summed E-state index contributed by atoms with van der Waals surface area (Å²) in [5.41, 5.74) is 13.1. The van der Waals surface area contributed by atoms with E-state index in [0.717, 1.165) is 16.5 Å². The molecule has 36 heavy (non-hydrogen) atoms. The van der Waals surface area contributed by atoms with Gasteiger partial charge in [0.15, 0.2) is 0 Å². The number of amides is 4. The normalized spacial score (nSPS) is 15.2. The van der Waals surface area contributed by atoms with Crippen molar-refractivity contribution in [3.8, 4) is 0 Å². The molecule has 1 heterocycles. The number of carboxylic acids is 1. The van der Waals surface area contributed by atoms with Crippen LogP contribution in [-0.4, -0.2) is 63.9 Å². The van der Waals surface area contributed by atoms with Gasteiger partial charge < -0.3 is 37.5 Å². The van der Waals surface area contributed by atoms with Crippen LogP contribution < -0.4 is 27.4 Å².